The zero-order valence-electron chi connectivity index (χ0n) is 34.8. The van der Waals surface area contributed by atoms with Crippen molar-refractivity contribution in [3.05, 3.63) is 146 Å². The van der Waals surface area contributed by atoms with E-state index in [-0.39, 0.29) is 11.9 Å². The van der Waals surface area contributed by atoms with Gasteiger partial charge >= 0.3 is 11.9 Å². The molecule has 4 aromatic carbocycles. The van der Waals surface area contributed by atoms with Crippen molar-refractivity contribution in [2.24, 2.45) is 5.41 Å². The third kappa shape index (κ3) is 13.7. The molecule has 0 aliphatic rings. The smallest absolute Gasteiger partial charge is 0.311 e. The maximum atomic E-state index is 11.8. The van der Waals surface area contributed by atoms with Crippen LogP contribution >= 0.6 is 0 Å². The minimum atomic E-state index is -0.467. The SMILES string of the molecule is CCOC(=O)CCCCCOc1ccc(-c2ccccc2)c(-c2ccccc2)n1.COC(=O)C(C)(C)CCCCOc1ccc(-c2ccccc2)c(-c2ccccc2)n1. The van der Waals surface area contributed by atoms with Crippen molar-refractivity contribution in [2.45, 2.75) is 65.7 Å². The Labute approximate surface area is 349 Å². The molecule has 0 radical (unpaired) electrons. The van der Waals surface area contributed by atoms with Gasteiger partial charge in [0.15, 0.2) is 0 Å². The third-order valence-corrected chi connectivity index (χ3v) is 9.77. The van der Waals surface area contributed by atoms with Gasteiger partial charge in [-0.25, -0.2) is 9.97 Å². The predicted octanol–water partition coefficient (Wildman–Crippen LogP) is 12.1. The summed E-state index contributed by atoms with van der Waals surface area (Å²) in [5.74, 6) is 0.933. The quantitative estimate of drug-likeness (QED) is 0.0591. The molecule has 2 aromatic heterocycles. The van der Waals surface area contributed by atoms with E-state index < -0.39 is 5.41 Å². The van der Waals surface area contributed by atoms with Gasteiger partial charge in [-0.2, -0.15) is 0 Å². The number of nitrogens with zero attached hydrogens (tertiary/aromatic N) is 2. The number of aromatic nitrogens is 2. The molecule has 0 aliphatic carbocycles. The van der Waals surface area contributed by atoms with E-state index in [1.165, 1.54) is 7.11 Å². The summed E-state index contributed by atoms with van der Waals surface area (Å²) in [6.45, 7) is 7.23. The third-order valence-electron chi connectivity index (χ3n) is 9.77. The van der Waals surface area contributed by atoms with Crippen LogP contribution in [0.5, 0.6) is 11.8 Å². The molecular weight excluding hydrogens is 737 g/mol. The monoisotopic (exact) mass is 792 g/mol. The molecule has 306 valence electrons. The highest BCUT2D eigenvalue weighted by Crippen LogP contribution is 2.34. The first-order valence-corrected chi connectivity index (χ1v) is 20.5. The normalized spacial score (nSPS) is 10.8. The van der Waals surface area contributed by atoms with Crippen LogP contribution in [0.3, 0.4) is 0 Å². The second kappa shape index (κ2) is 23.2. The molecule has 0 unspecified atom stereocenters. The number of carbonyl (C=O) groups excluding carboxylic acids is 2. The molecule has 8 heteroatoms. The minimum Gasteiger partial charge on any atom is -0.478 e. The number of pyridine rings is 2. The van der Waals surface area contributed by atoms with E-state index in [1.807, 2.05) is 106 Å². The van der Waals surface area contributed by atoms with Crippen LogP contribution in [-0.4, -0.2) is 48.8 Å². The summed E-state index contributed by atoms with van der Waals surface area (Å²) in [5.41, 5.74) is 7.89. The molecule has 0 bridgehead atoms. The van der Waals surface area contributed by atoms with Crippen LogP contribution in [0, 0.1) is 5.41 Å². The first-order valence-electron chi connectivity index (χ1n) is 20.5. The lowest BCUT2D eigenvalue weighted by atomic mass is 9.87. The Morgan fingerprint density at radius 1 is 0.525 bits per heavy atom. The zero-order chi connectivity index (χ0) is 41.7. The molecule has 0 aliphatic heterocycles. The first kappa shape index (κ1) is 43.8. The second-order valence-electron chi connectivity index (χ2n) is 14.7. The van der Waals surface area contributed by atoms with Gasteiger partial charge in [0.2, 0.25) is 11.8 Å². The Morgan fingerprint density at radius 2 is 0.949 bits per heavy atom. The Kier molecular flexibility index (Phi) is 17.2. The number of benzene rings is 4. The highest BCUT2D eigenvalue weighted by Gasteiger charge is 2.27. The number of hydrogen-bond donors (Lipinski definition) is 0. The van der Waals surface area contributed by atoms with Gasteiger partial charge in [0, 0.05) is 40.8 Å². The zero-order valence-corrected chi connectivity index (χ0v) is 34.8. The van der Waals surface area contributed by atoms with E-state index >= 15 is 0 Å². The molecule has 0 fully saturated rings. The molecule has 0 N–H and O–H groups in total. The van der Waals surface area contributed by atoms with Gasteiger partial charge in [-0.05, 0) is 82.6 Å². The molecule has 0 amide bonds. The molecule has 6 aromatic rings. The lowest BCUT2D eigenvalue weighted by Gasteiger charge is -2.21. The summed E-state index contributed by atoms with van der Waals surface area (Å²) in [6, 6.07) is 48.8. The van der Waals surface area contributed by atoms with Crippen LogP contribution in [0.2, 0.25) is 0 Å². The Morgan fingerprint density at radius 3 is 1.37 bits per heavy atom. The average molecular weight is 793 g/mol. The summed E-state index contributed by atoms with van der Waals surface area (Å²) >= 11 is 0. The summed E-state index contributed by atoms with van der Waals surface area (Å²) in [5, 5.41) is 0. The first-order chi connectivity index (χ1) is 28.8. The van der Waals surface area contributed by atoms with Crippen molar-refractivity contribution in [2.75, 3.05) is 26.9 Å². The standard InChI is InChI=1S/C26H29NO3.C25H27NO3/c1-26(2,25(28)29-3)18-10-11-19-30-23-17-16-22(20-12-6-4-7-13-20)24(27-23)21-14-8-5-9-15-21;1-2-28-24(27)16-10-5-11-19-29-23-18-17-22(20-12-6-3-7-13-20)25(26-23)21-14-8-4-9-15-21/h4-9,12-17H,10-11,18-19H2,1-3H3;3-4,6-9,12-15,17-18H,2,5,10-11,16,19H2,1H3. The van der Waals surface area contributed by atoms with Gasteiger partial charge < -0.3 is 18.9 Å². The fraction of sp³-hybridized carbons (Fsp3) is 0.294. The molecule has 0 saturated heterocycles. The number of esters is 2. The Hall–Kier alpha value is -6.28. The predicted molar refractivity (Wildman–Crippen MR) is 236 cm³/mol. The molecule has 8 nitrogen and oxygen atoms in total. The van der Waals surface area contributed by atoms with Gasteiger partial charge in [0.1, 0.15) is 0 Å². The van der Waals surface area contributed by atoms with Crippen molar-refractivity contribution < 1.29 is 28.5 Å². The molecule has 0 saturated carbocycles. The van der Waals surface area contributed by atoms with Crippen LogP contribution in [0.25, 0.3) is 44.8 Å². The number of unbranched alkanes of at least 4 members (excludes halogenated alkanes) is 3. The van der Waals surface area contributed by atoms with Crippen molar-refractivity contribution in [1.82, 2.24) is 9.97 Å². The van der Waals surface area contributed by atoms with Gasteiger partial charge in [-0.3, -0.25) is 9.59 Å². The van der Waals surface area contributed by atoms with Crippen molar-refractivity contribution >= 4 is 11.9 Å². The number of rotatable bonds is 19. The van der Waals surface area contributed by atoms with Crippen molar-refractivity contribution in [3.63, 3.8) is 0 Å². The maximum Gasteiger partial charge on any atom is 0.311 e. The van der Waals surface area contributed by atoms with Crippen LogP contribution in [-0.2, 0) is 19.1 Å². The number of hydrogen-bond acceptors (Lipinski definition) is 8. The maximum absolute atomic E-state index is 11.8. The topological polar surface area (TPSA) is 96.8 Å². The molecule has 0 atom stereocenters. The van der Waals surface area contributed by atoms with Crippen LogP contribution in [0.4, 0.5) is 0 Å². The Bertz CT molecular complexity index is 2160. The van der Waals surface area contributed by atoms with Gasteiger partial charge in [0.05, 0.1) is 43.7 Å². The number of ether oxygens (including phenoxy) is 4. The highest BCUT2D eigenvalue weighted by molar-refractivity contribution is 5.82. The number of methoxy groups -OCH3 is 1. The molecule has 59 heavy (non-hydrogen) atoms. The lowest BCUT2D eigenvalue weighted by molar-refractivity contribution is -0.151. The van der Waals surface area contributed by atoms with E-state index in [0.717, 1.165) is 83.3 Å². The lowest BCUT2D eigenvalue weighted by Crippen LogP contribution is -2.25. The molecule has 6 rings (SSSR count). The van der Waals surface area contributed by atoms with Crippen molar-refractivity contribution in [3.8, 4) is 56.5 Å². The van der Waals surface area contributed by atoms with Gasteiger partial charge in [-0.15, -0.1) is 0 Å². The largest absolute Gasteiger partial charge is 0.478 e. The molecule has 2 heterocycles. The summed E-state index contributed by atoms with van der Waals surface area (Å²) in [7, 11) is 1.43. The van der Waals surface area contributed by atoms with Gasteiger partial charge in [-0.1, -0.05) is 121 Å². The van der Waals surface area contributed by atoms with E-state index in [2.05, 4.69) is 60.7 Å². The summed E-state index contributed by atoms with van der Waals surface area (Å²) in [6.07, 6.45) is 5.58. The van der Waals surface area contributed by atoms with E-state index in [1.54, 1.807) is 0 Å². The van der Waals surface area contributed by atoms with Crippen molar-refractivity contribution in [1.29, 1.82) is 0 Å². The summed E-state index contributed by atoms with van der Waals surface area (Å²) < 4.78 is 21.6. The van der Waals surface area contributed by atoms with E-state index in [0.29, 0.717) is 38.0 Å². The van der Waals surface area contributed by atoms with E-state index in [4.69, 9.17) is 28.9 Å². The minimum absolute atomic E-state index is 0.126. The van der Waals surface area contributed by atoms with Crippen LogP contribution < -0.4 is 9.47 Å². The molecular formula is C51H56N2O6. The van der Waals surface area contributed by atoms with E-state index in [9.17, 15) is 9.59 Å². The second-order valence-corrected chi connectivity index (χ2v) is 14.7. The van der Waals surface area contributed by atoms with Crippen LogP contribution in [0.1, 0.15) is 65.7 Å². The fourth-order valence-electron chi connectivity index (χ4n) is 6.56. The number of carbonyl (C=O) groups is 2. The average Bonchev–Trinajstić information content (AvgIpc) is 3.28. The Balaban J connectivity index is 0.000000224. The molecule has 0 spiro atoms. The highest BCUT2D eigenvalue weighted by atomic mass is 16.5. The van der Waals surface area contributed by atoms with Gasteiger partial charge in [0.25, 0.3) is 0 Å². The van der Waals surface area contributed by atoms with Crippen LogP contribution in [0.15, 0.2) is 146 Å². The summed E-state index contributed by atoms with van der Waals surface area (Å²) in [4.78, 5) is 32.7. The fourth-order valence-corrected chi connectivity index (χ4v) is 6.56.